The van der Waals surface area contributed by atoms with Crippen LogP contribution in [0.1, 0.15) is 32.0 Å². The fourth-order valence-corrected chi connectivity index (χ4v) is 4.30. The van der Waals surface area contributed by atoms with Crippen molar-refractivity contribution >= 4 is 28.5 Å². The Hall–Kier alpha value is -3.98. The summed E-state index contributed by atoms with van der Waals surface area (Å²) in [7, 11) is 1.79. The minimum atomic E-state index is -0.310. The summed E-state index contributed by atoms with van der Waals surface area (Å²) in [4.78, 5) is 33.0. The molecule has 1 saturated heterocycles. The van der Waals surface area contributed by atoms with Crippen LogP contribution in [0.3, 0.4) is 0 Å². The van der Waals surface area contributed by atoms with Gasteiger partial charge in [-0.15, -0.1) is 0 Å². The molecule has 0 saturated carbocycles. The summed E-state index contributed by atoms with van der Waals surface area (Å²) in [5, 5.41) is 8.12. The quantitative estimate of drug-likeness (QED) is 0.501. The minimum absolute atomic E-state index is 0.0635. The van der Waals surface area contributed by atoms with Crippen LogP contribution in [0.15, 0.2) is 47.1 Å². The number of hydrogen-bond acceptors (Lipinski definition) is 6. The van der Waals surface area contributed by atoms with Gasteiger partial charge in [-0.05, 0) is 49.7 Å². The Kier molecular flexibility index (Phi) is 5.62. The predicted octanol–water partition coefficient (Wildman–Crippen LogP) is 3.57. The zero-order chi connectivity index (χ0) is 23.8. The van der Waals surface area contributed by atoms with Crippen LogP contribution < -0.4 is 5.32 Å². The molecular formula is C25H25N5O4. The van der Waals surface area contributed by atoms with Crippen LogP contribution in [-0.2, 0) is 11.8 Å². The van der Waals surface area contributed by atoms with Crippen molar-refractivity contribution < 1.29 is 18.7 Å². The Morgan fingerprint density at radius 3 is 2.59 bits per heavy atom. The number of aryl methyl sites for hydroxylation is 2. The van der Waals surface area contributed by atoms with Crippen LogP contribution in [0.2, 0.25) is 0 Å². The fraction of sp³-hybridized carbons (Fsp3) is 0.280. The summed E-state index contributed by atoms with van der Waals surface area (Å²) in [6.07, 6.45) is 1.57. The molecule has 4 aromatic rings. The van der Waals surface area contributed by atoms with E-state index < -0.39 is 0 Å². The smallest absolute Gasteiger partial charge is 0.256 e. The topological polar surface area (TPSA) is 102 Å². The number of amides is 2. The SMILES string of the molecule is Cc1c(NC(=O)c2cc(-c3ccco3)nc3c2c(C)nn3C)cccc1C(=O)N1CCOCC1. The van der Waals surface area contributed by atoms with E-state index in [0.717, 1.165) is 0 Å². The molecular weight excluding hydrogens is 434 g/mol. The number of aromatic nitrogens is 3. The molecule has 4 heterocycles. The maximum Gasteiger partial charge on any atom is 0.256 e. The molecule has 2 amide bonds. The van der Waals surface area contributed by atoms with Crippen LogP contribution in [0.5, 0.6) is 0 Å². The summed E-state index contributed by atoms with van der Waals surface area (Å²) >= 11 is 0. The first-order chi connectivity index (χ1) is 16.4. The highest BCUT2D eigenvalue weighted by Crippen LogP contribution is 2.29. The Morgan fingerprint density at radius 2 is 1.85 bits per heavy atom. The molecule has 0 bridgehead atoms. The van der Waals surface area contributed by atoms with Gasteiger partial charge in [0.1, 0.15) is 5.69 Å². The molecule has 0 aliphatic carbocycles. The number of anilines is 1. The summed E-state index contributed by atoms with van der Waals surface area (Å²) < 4.78 is 12.5. The number of ether oxygens (including phenoxy) is 1. The number of rotatable bonds is 4. The van der Waals surface area contributed by atoms with E-state index in [1.165, 1.54) is 0 Å². The van der Waals surface area contributed by atoms with Gasteiger partial charge < -0.3 is 19.4 Å². The van der Waals surface area contributed by atoms with Crippen molar-refractivity contribution in [3.63, 3.8) is 0 Å². The first-order valence-electron chi connectivity index (χ1n) is 11.1. The number of morpholine rings is 1. The molecule has 1 fully saturated rings. The van der Waals surface area contributed by atoms with Crippen molar-refractivity contribution in [2.45, 2.75) is 13.8 Å². The largest absolute Gasteiger partial charge is 0.463 e. The van der Waals surface area contributed by atoms with Gasteiger partial charge in [-0.25, -0.2) is 4.98 Å². The zero-order valence-electron chi connectivity index (χ0n) is 19.3. The highest BCUT2D eigenvalue weighted by atomic mass is 16.5. The van der Waals surface area contributed by atoms with Crippen molar-refractivity contribution in [3.8, 4) is 11.5 Å². The standard InChI is InChI=1S/C25H25N5O4/c1-15-17(25(32)30-9-12-33-13-10-30)6-4-7-19(15)27-24(31)18-14-20(21-8-5-11-34-21)26-23-22(18)16(2)28-29(23)3/h4-8,11,14H,9-10,12-13H2,1-3H3,(H,27,31). The average molecular weight is 460 g/mol. The summed E-state index contributed by atoms with van der Waals surface area (Å²) in [5.74, 6) is 0.186. The van der Waals surface area contributed by atoms with E-state index in [1.54, 1.807) is 59.3 Å². The molecule has 1 N–H and O–H groups in total. The van der Waals surface area contributed by atoms with E-state index in [2.05, 4.69) is 15.4 Å². The van der Waals surface area contributed by atoms with Crippen molar-refractivity contribution in [2.24, 2.45) is 7.05 Å². The van der Waals surface area contributed by atoms with Gasteiger partial charge in [0, 0.05) is 31.4 Å². The molecule has 0 radical (unpaired) electrons. The van der Waals surface area contributed by atoms with Crippen molar-refractivity contribution in [3.05, 3.63) is 65.0 Å². The van der Waals surface area contributed by atoms with Crippen LogP contribution in [-0.4, -0.2) is 57.8 Å². The second kappa shape index (κ2) is 8.75. The number of benzene rings is 1. The first kappa shape index (κ1) is 21.8. The van der Waals surface area contributed by atoms with Gasteiger partial charge in [-0.3, -0.25) is 14.3 Å². The van der Waals surface area contributed by atoms with E-state index in [9.17, 15) is 9.59 Å². The van der Waals surface area contributed by atoms with E-state index in [0.29, 0.717) is 76.9 Å². The van der Waals surface area contributed by atoms with Gasteiger partial charge in [-0.1, -0.05) is 6.07 Å². The third-order valence-corrected chi connectivity index (χ3v) is 6.10. The number of carbonyl (C=O) groups is 2. The summed E-state index contributed by atoms with van der Waals surface area (Å²) in [5.41, 5.74) is 4.12. The van der Waals surface area contributed by atoms with Crippen LogP contribution in [0.4, 0.5) is 5.69 Å². The van der Waals surface area contributed by atoms with E-state index in [4.69, 9.17) is 9.15 Å². The monoisotopic (exact) mass is 459 g/mol. The lowest BCUT2D eigenvalue weighted by molar-refractivity contribution is 0.0302. The van der Waals surface area contributed by atoms with Gasteiger partial charge >= 0.3 is 0 Å². The Labute approximate surface area is 196 Å². The zero-order valence-corrected chi connectivity index (χ0v) is 19.3. The Morgan fingerprint density at radius 1 is 1.06 bits per heavy atom. The third-order valence-electron chi connectivity index (χ3n) is 6.10. The highest BCUT2D eigenvalue weighted by Gasteiger charge is 2.23. The molecule has 9 nitrogen and oxygen atoms in total. The van der Waals surface area contributed by atoms with Gasteiger partial charge in [0.15, 0.2) is 11.4 Å². The second-order valence-electron chi connectivity index (χ2n) is 8.28. The van der Waals surface area contributed by atoms with E-state index in [-0.39, 0.29) is 11.8 Å². The number of nitrogens with one attached hydrogen (secondary N) is 1. The Bertz CT molecular complexity index is 1380. The highest BCUT2D eigenvalue weighted by molar-refractivity contribution is 6.14. The van der Waals surface area contributed by atoms with Crippen molar-refractivity contribution in [2.75, 3.05) is 31.6 Å². The number of hydrogen-bond donors (Lipinski definition) is 1. The minimum Gasteiger partial charge on any atom is -0.463 e. The molecule has 9 heteroatoms. The maximum atomic E-state index is 13.5. The lowest BCUT2D eigenvalue weighted by atomic mass is 10.0. The molecule has 174 valence electrons. The molecule has 1 aliphatic heterocycles. The Balaban J connectivity index is 1.51. The van der Waals surface area contributed by atoms with Gasteiger partial charge in [0.05, 0.1) is 36.1 Å². The lowest BCUT2D eigenvalue weighted by Crippen LogP contribution is -2.41. The van der Waals surface area contributed by atoms with E-state index in [1.807, 2.05) is 13.8 Å². The summed E-state index contributed by atoms with van der Waals surface area (Å²) in [6.45, 7) is 5.86. The van der Waals surface area contributed by atoms with E-state index >= 15 is 0 Å². The van der Waals surface area contributed by atoms with Crippen molar-refractivity contribution in [1.82, 2.24) is 19.7 Å². The molecule has 0 spiro atoms. The molecule has 0 unspecified atom stereocenters. The van der Waals surface area contributed by atoms with Crippen LogP contribution in [0.25, 0.3) is 22.5 Å². The first-order valence-corrected chi connectivity index (χ1v) is 11.1. The van der Waals surface area contributed by atoms with Gasteiger partial charge in [0.2, 0.25) is 0 Å². The molecule has 34 heavy (non-hydrogen) atoms. The van der Waals surface area contributed by atoms with Crippen molar-refractivity contribution in [1.29, 1.82) is 0 Å². The second-order valence-corrected chi connectivity index (χ2v) is 8.28. The van der Waals surface area contributed by atoms with Gasteiger partial charge in [-0.2, -0.15) is 5.10 Å². The number of fused-ring (bicyclic) bond motifs is 1. The lowest BCUT2D eigenvalue weighted by Gasteiger charge is -2.27. The number of furan rings is 1. The molecule has 1 aliphatic rings. The van der Waals surface area contributed by atoms with Crippen LogP contribution >= 0.6 is 0 Å². The molecule has 1 aromatic carbocycles. The van der Waals surface area contributed by atoms with Crippen LogP contribution in [0, 0.1) is 13.8 Å². The maximum absolute atomic E-state index is 13.5. The average Bonchev–Trinajstić information content (AvgIpc) is 3.48. The molecule has 5 rings (SSSR count). The number of nitrogens with zero attached hydrogens (tertiary/aromatic N) is 4. The normalized spacial score (nSPS) is 13.9. The predicted molar refractivity (Wildman–Crippen MR) is 127 cm³/mol. The summed E-state index contributed by atoms with van der Waals surface area (Å²) in [6, 6.07) is 10.6. The number of carbonyl (C=O) groups excluding carboxylic acids is 2. The number of pyridine rings is 1. The molecule has 3 aromatic heterocycles. The third kappa shape index (κ3) is 3.84. The fourth-order valence-electron chi connectivity index (χ4n) is 4.30. The molecule has 0 atom stereocenters. The van der Waals surface area contributed by atoms with Gasteiger partial charge in [0.25, 0.3) is 11.8 Å².